The zero-order chi connectivity index (χ0) is 10.6. The SMILES string of the molecule is CC(C)CCCC1(N)CCC(C)CC1. The maximum atomic E-state index is 6.41. The summed E-state index contributed by atoms with van der Waals surface area (Å²) in [5, 5.41) is 0. The van der Waals surface area contributed by atoms with Gasteiger partial charge in [0.05, 0.1) is 0 Å². The van der Waals surface area contributed by atoms with Crippen LogP contribution in [0, 0.1) is 11.8 Å². The van der Waals surface area contributed by atoms with E-state index in [1.165, 1.54) is 44.9 Å². The fourth-order valence-electron chi connectivity index (χ4n) is 2.45. The molecular weight excluding hydrogens is 170 g/mol. The van der Waals surface area contributed by atoms with Crippen LogP contribution in [0.25, 0.3) is 0 Å². The van der Waals surface area contributed by atoms with Gasteiger partial charge < -0.3 is 5.73 Å². The topological polar surface area (TPSA) is 26.0 Å². The van der Waals surface area contributed by atoms with Crippen LogP contribution in [0.2, 0.25) is 0 Å². The van der Waals surface area contributed by atoms with Gasteiger partial charge in [0.25, 0.3) is 0 Å². The summed E-state index contributed by atoms with van der Waals surface area (Å²) in [4.78, 5) is 0. The van der Waals surface area contributed by atoms with Crippen molar-refractivity contribution in [3.63, 3.8) is 0 Å². The van der Waals surface area contributed by atoms with Crippen LogP contribution in [0.15, 0.2) is 0 Å². The molecule has 0 heterocycles. The molecule has 0 saturated heterocycles. The van der Waals surface area contributed by atoms with Crippen LogP contribution in [-0.4, -0.2) is 5.54 Å². The summed E-state index contributed by atoms with van der Waals surface area (Å²) in [6, 6.07) is 0. The Hall–Kier alpha value is -0.0400. The summed E-state index contributed by atoms with van der Waals surface area (Å²) in [6.45, 7) is 6.95. The number of hydrogen-bond donors (Lipinski definition) is 1. The predicted molar refractivity (Wildman–Crippen MR) is 63.2 cm³/mol. The summed E-state index contributed by atoms with van der Waals surface area (Å²) in [5.74, 6) is 1.75. The van der Waals surface area contributed by atoms with E-state index in [0.717, 1.165) is 11.8 Å². The third kappa shape index (κ3) is 4.00. The first-order chi connectivity index (χ1) is 6.52. The van der Waals surface area contributed by atoms with Crippen molar-refractivity contribution in [1.29, 1.82) is 0 Å². The molecule has 84 valence electrons. The molecule has 1 heteroatoms. The molecule has 0 aromatic rings. The molecule has 1 nitrogen and oxygen atoms in total. The Morgan fingerprint density at radius 3 is 2.36 bits per heavy atom. The zero-order valence-electron chi connectivity index (χ0n) is 10.2. The zero-order valence-corrected chi connectivity index (χ0v) is 10.2. The van der Waals surface area contributed by atoms with E-state index in [1.54, 1.807) is 0 Å². The van der Waals surface area contributed by atoms with E-state index in [1.807, 2.05) is 0 Å². The largest absolute Gasteiger partial charge is 0.325 e. The van der Waals surface area contributed by atoms with Crippen LogP contribution in [0.5, 0.6) is 0 Å². The second-order valence-electron chi connectivity index (χ2n) is 5.83. The molecule has 0 aliphatic heterocycles. The minimum absolute atomic E-state index is 0.196. The van der Waals surface area contributed by atoms with E-state index >= 15 is 0 Å². The molecule has 0 radical (unpaired) electrons. The predicted octanol–water partition coefficient (Wildman–Crippen LogP) is 3.72. The van der Waals surface area contributed by atoms with Crippen molar-refractivity contribution in [2.24, 2.45) is 17.6 Å². The van der Waals surface area contributed by atoms with Crippen molar-refractivity contribution in [2.45, 2.75) is 71.3 Å². The Bertz CT molecular complexity index is 155. The monoisotopic (exact) mass is 197 g/mol. The fourth-order valence-corrected chi connectivity index (χ4v) is 2.45. The normalized spacial score (nSPS) is 33.6. The van der Waals surface area contributed by atoms with Crippen LogP contribution < -0.4 is 5.73 Å². The Labute approximate surface area is 89.5 Å². The van der Waals surface area contributed by atoms with Crippen molar-refractivity contribution < 1.29 is 0 Å². The lowest BCUT2D eigenvalue weighted by atomic mass is 9.75. The maximum Gasteiger partial charge on any atom is 0.0154 e. The van der Waals surface area contributed by atoms with Crippen molar-refractivity contribution in [1.82, 2.24) is 0 Å². The summed E-state index contributed by atoms with van der Waals surface area (Å²) in [5.41, 5.74) is 6.60. The smallest absolute Gasteiger partial charge is 0.0154 e. The molecule has 14 heavy (non-hydrogen) atoms. The molecule has 1 fully saturated rings. The summed E-state index contributed by atoms with van der Waals surface area (Å²) >= 11 is 0. The molecule has 0 amide bonds. The standard InChI is InChI=1S/C13H27N/c1-11(2)5-4-8-13(14)9-6-12(3)7-10-13/h11-12H,4-10,14H2,1-3H3. The minimum atomic E-state index is 0.196. The third-order valence-electron chi connectivity index (χ3n) is 3.73. The van der Waals surface area contributed by atoms with Crippen LogP contribution in [-0.2, 0) is 0 Å². The highest BCUT2D eigenvalue weighted by molar-refractivity contribution is 4.88. The van der Waals surface area contributed by atoms with E-state index in [4.69, 9.17) is 5.73 Å². The first-order valence-corrected chi connectivity index (χ1v) is 6.31. The first-order valence-electron chi connectivity index (χ1n) is 6.31. The Kier molecular flexibility index (Phi) is 4.43. The average molecular weight is 197 g/mol. The van der Waals surface area contributed by atoms with Gasteiger partial charge in [-0.2, -0.15) is 0 Å². The van der Waals surface area contributed by atoms with Gasteiger partial charge in [-0.3, -0.25) is 0 Å². The second-order valence-corrected chi connectivity index (χ2v) is 5.83. The molecule has 0 aromatic heterocycles. The summed E-state index contributed by atoms with van der Waals surface area (Å²) in [7, 11) is 0. The van der Waals surface area contributed by atoms with E-state index in [9.17, 15) is 0 Å². The van der Waals surface area contributed by atoms with Crippen LogP contribution in [0.1, 0.15) is 65.7 Å². The number of nitrogens with two attached hydrogens (primary N) is 1. The lowest BCUT2D eigenvalue weighted by Gasteiger charge is -2.36. The van der Waals surface area contributed by atoms with Gasteiger partial charge in [-0.25, -0.2) is 0 Å². The fraction of sp³-hybridized carbons (Fsp3) is 1.00. The lowest BCUT2D eigenvalue weighted by Crippen LogP contribution is -2.42. The molecule has 0 bridgehead atoms. The van der Waals surface area contributed by atoms with Gasteiger partial charge in [0.15, 0.2) is 0 Å². The third-order valence-corrected chi connectivity index (χ3v) is 3.73. The molecule has 1 aliphatic rings. The van der Waals surface area contributed by atoms with Gasteiger partial charge in [-0.1, -0.05) is 33.6 Å². The quantitative estimate of drug-likeness (QED) is 0.730. The first kappa shape index (κ1) is 12.0. The molecule has 0 unspecified atom stereocenters. The number of hydrogen-bond acceptors (Lipinski definition) is 1. The second kappa shape index (κ2) is 5.16. The van der Waals surface area contributed by atoms with Gasteiger partial charge in [0.1, 0.15) is 0 Å². The van der Waals surface area contributed by atoms with E-state index < -0.39 is 0 Å². The highest BCUT2D eigenvalue weighted by Crippen LogP contribution is 2.33. The Morgan fingerprint density at radius 2 is 1.86 bits per heavy atom. The van der Waals surface area contributed by atoms with Gasteiger partial charge in [-0.05, 0) is 43.9 Å². The molecule has 0 spiro atoms. The minimum Gasteiger partial charge on any atom is -0.325 e. The maximum absolute atomic E-state index is 6.41. The van der Waals surface area contributed by atoms with Crippen molar-refractivity contribution in [3.8, 4) is 0 Å². The molecular formula is C13H27N. The van der Waals surface area contributed by atoms with Gasteiger partial charge in [0, 0.05) is 5.54 Å². The Morgan fingerprint density at radius 1 is 1.29 bits per heavy atom. The highest BCUT2D eigenvalue weighted by atomic mass is 14.7. The number of rotatable bonds is 4. The highest BCUT2D eigenvalue weighted by Gasteiger charge is 2.29. The lowest BCUT2D eigenvalue weighted by molar-refractivity contribution is 0.224. The van der Waals surface area contributed by atoms with Gasteiger partial charge >= 0.3 is 0 Å². The Balaban J connectivity index is 2.21. The van der Waals surface area contributed by atoms with Crippen molar-refractivity contribution >= 4 is 0 Å². The van der Waals surface area contributed by atoms with Gasteiger partial charge in [0.2, 0.25) is 0 Å². The molecule has 1 rings (SSSR count). The van der Waals surface area contributed by atoms with Crippen molar-refractivity contribution in [2.75, 3.05) is 0 Å². The molecule has 0 atom stereocenters. The summed E-state index contributed by atoms with van der Waals surface area (Å²) < 4.78 is 0. The van der Waals surface area contributed by atoms with Crippen LogP contribution in [0.4, 0.5) is 0 Å². The molecule has 2 N–H and O–H groups in total. The molecule has 0 aromatic carbocycles. The average Bonchev–Trinajstić information content (AvgIpc) is 2.10. The van der Waals surface area contributed by atoms with E-state index in [-0.39, 0.29) is 5.54 Å². The van der Waals surface area contributed by atoms with Crippen LogP contribution >= 0.6 is 0 Å². The van der Waals surface area contributed by atoms with Crippen LogP contribution in [0.3, 0.4) is 0 Å². The van der Waals surface area contributed by atoms with Gasteiger partial charge in [-0.15, -0.1) is 0 Å². The van der Waals surface area contributed by atoms with E-state index in [0.29, 0.717) is 0 Å². The van der Waals surface area contributed by atoms with E-state index in [2.05, 4.69) is 20.8 Å². The van der Waals surface area contributed by atoms with Crippen molar-refractivity contribution in [3.05, 3.63) is 0 Å². The molecule has 1 saturated carbocycles. The summed E-state index contributed by atoms with van der Waals surface area (Å²) in [6.07, 6.45) is 9.11. The molecule has 1 aliphatic carbocycles.